The minimum Gasteiger partial charge on any atom is 1.00 e. The van der Waals surface area contributed by atoms with Crippen LogP contribution < -0.4 is 38.8 Å². The van der Waals surface area contributed by atoms with Crippen LogP contribution >= 0.6 is 0 Å². The van der Waals surface area contributed by atoms with Crippen LogP contribution in [-0.4, -0.2) is 23.0 Å². The minimum atomic E-state index is 0. The maximum atomic E-state index is 5.44. The van der Waals surface area contributed by atoms with Crippen molar-refractivity contribution in [3.63, 3.8) is 0 Å². The second kappa shape index (κ2) is 4.62. The van der Waals surface area contributed by atoms with E-state index in [1.165, 1.54) is 26.5 Å². The minimum absolute atomic E-state index is 0. The van der Waals surface area contributed by atoms with Crippen molar-refractivity contribution < 1.29 is 29.6 Å². The molecule has 0 aromatic heterocycles. The first kappa shape index (κ1) is 9.84. The van der Waals surface area contributed by atoms with Crippen LogP contribution in [0.2, 0.25) is 0 Å². The SMILES string of the molecule is Nc1cc[c]([SbH2])cc1.[Na+]. The Kier molecular flexibility index (Phi) is 5.05. The third-order valence-corrected chi connectivity index (χ3v) is 2.04. The van der Waals surface area contributed by atoms with Gasteiger partial charge in [-0.05, 0) is 0 Å². The van der Waals surface area contributed by atoms with Gasteiger partial charge in [0, 0.05) is 0 Å². The molecular weight excluding hydrogens is 231 g/mol. The Morgan fingerprint density at radius 3 is 1.89 bits per heavy atom. The molecule has 9 heavy (non-hydrogen) atoms. The quantitative estimate of drug-likeness (QED) is 0.369. The van der Waals surface area contributed by atoms with Crippen molar-refractivity contribution in [3.05, 3.63) is 24.3 Å². The Morgan fingerprint density at radius 2 is 1.56 bits per heavy atom. The number of anilines is 1. The predicted octanol–water partition coefficient (Wildman–Crippen LogP) is -3.47. The molecule has 2 N–H and O–H groups in total. The second-order valence-corrected chi connectivity index (χ2v) is 3.57. The molecule has 0 unspecified atom stereocenters. The summed E-state index contributed by atoms with van der Waals surface area (Å²) in [4.78, 5) is 0. The van der Waals surface area contributed by atoms with Crippen molar-refractivity contribution in [2.24, 2.45) is 0 Å². The summed E-state index contributed by atoms with van der Waals surface area (Å²) in [5.41, 5.74) is 6.29. The molecule has 0 amide bonds. The molecule has 0 aliphatic rings. The fourth-order valence-corrected chi connectivity index (χ4v) is 1.05. The van der Waals surface area contributed by atoms with Gasteiger partial charge in [0.15, 0.2) is 0 Å². The van der Waals surface area contributed by atoms with Crippen LogP contribution in [0.1, 0.15) is 0 Å². The van der Waals surface area contributed by atoms with Gasteiger partial charge in [-0.25, -0.2) is 0 Å². The van der Waals surface area contributed by atoms with E-state index >= 15 is 0 Å². The van der Waals surface area contributed by atoms with E-state index in [4.69, 9.17) is 5.73 Å². The summed E-state index contributed by atoms with van der Waals surface area (Å²) in [5, 5.41) is 0. The molecular formula is C6H8NNaSb+. The van der Waals surface area contributed by atoms with Crippen LogP contribution in [0.5, 0.6) is 0 Å². The van der Waals surface area contributed by atoms with E-state index in [1.807, 2.05) is 12.1 Å². The van der Waals surface area contributed by atoms with Crippen molar-refractivity contribution in [2.75, 3.05) is 5.73 Å². The maximum Gasteiger partial charge on any atom is 1.00 e. The van der Waals surface area contributed by atoms with Crippen LogP contribution in [0.4, 0.5) is 5.69 Å². The molecule has 0 bridgehead atoms. The zero-order valence-electron chi connectivity index (χ0n) is 5.46. The predicted molar refractivity (Wildman–Crippen MR) is 39.0 cm³/mol. The van der Waals surface area contributed by atoms with Gasteiger partial charge in [0.2, 0.25) is 0 Å². The number of benzene rings is 1. The van der Waals surface area contributed by atoms with Gasteiger partial charge in [-0.1, -0.05) is 0 Å². The van der Waals surface area contributed by atoms with Gasteiger partial charge in [-0.2, -0.15) is 0 Å². The largest absolute Gasteiger partial charge is 1.00 e. The molecule has 0 spiro atoms. The standard InChI is InChI=1S/C6H6N.Na.Sb.2H/c7-6-4-2-1-3-5-6;;;;/h2-5H,7H2;;;;/q;+1;;;. The molecule has 1 aromatic rings. The van der Waals surface area contributed by atoms with Crippen molar-refractivity contribution in [1.82, 2.24) is 0 Å². The smallest absolute Gasteiger partial charge is 1.00 e. The topological polar surface area (TPSA) is 26.0 Å². The van der Waals surface area contributed by atoms with E-state index in [0.29, 0.717) is 0 Å². The number of nitrogens with two attached hydrogens (primary N) is 1. The van der Waals surface area contributed by atoms with E-state index < -0.39 is 0 Å². The van der Waals surface area contributed by atoms with Gasteiger partial charge < -0.3 is 0 Å². The van der Waals surface area contributed by atoms with Crippen LogP contribution in [0.3, 0.4) is 0 Å². The zero-order valence-corrected chi connectivity index (χ0v) is 10.8. The van der Waals surface area contributed by atoms with Crippen LogP contribution in [0.15, 0.2) is 24.3 Å². The van der Waals surface area contributed by atoms with Gasteiger partial charge in [-0.15, -0.1) is 0 Å². The molecule has 3 heteroatoms. The average Bonchev–Trinajstić information content (AvgIpc) is 1.77. The van der Waals surface area contributed by atoms with E-state index in [-0.39, 0.29) is 29.6 Å². The van der Waals surface area contributed by atoms with Gasteiger partial charge in [0.25, 0.3) is 0 Å². The van der Waals surface area contributed by atoms with Crippen LogP contribution in [0, 0.1) is 0 Å². The summed E-state index contributed by atoms with van der Waals surface area (Å²) in [5.74, 6) is 0. The molecule has 0 saturated carbocycles. The summed E-state index contributed by atoms with van der Waals surface area (Å²) >= 11 is 1.18. The zero-order chi connectivity index (χ0) is 5.98. The average molecular weight is 239 g/mol. The van der Waals surface area contributed by atoms with E-state index in [2.05, 4.69) is 12.1 Å². The number of nitrogen functional groups attached to an aromatic ring is 1. The second-order valence-electron chi connectivity index (χ2n) is 1.67. The molecule has 1 aromatic carbocycles. The van der Waals surface area contributed by atoms with Crippen molar-refractivity contribution in [2.45, 2.75) is 0 Å². The van der Waals surface area contributed by atoms with E-state index in [0.717, 1.165) is 5.69 Å². The fourth-order valence-electron chi connectivity index (χ4n) is 0.496. The molecule has 0 atom stereocenters. The van der Waals surface area contributed by atoms with Crippen molar-refractivity contribution in [3.8, 4) is 0 Å². The first-order valence-electron chi connectivity index (χ1n) is 2.40. The summed E-state index contributed by atoms with van der Waals surface area (Å²) in [6.07, 6.45) is 0. The third-order valence-electron chi connectivity index (χ3n) is 0.936. The molecule has 0 aliphatic carbocycles. The van der Waals surface area contributed by atoms with E-state index in [1.54, 1.807) is 0 Å². The summed E-state index contributed by atoms with van der Waals surface area (Å²) in [7, 11) is 0. The third kappa shape index (κ3) is 3.52. The first-order valence-corrected chi connectivity index (χ1v) is 4.05. The van der Waals surface area contributed by atoms with Gasteiger partial charge in [0.1, 0.15) is 0 Å². The number of rotatable bonds is 0. The summed E-state index contributed by atoms with van der Waals surface area (Å²) in [6.45, 7) is 0. The molecule has 1 rings (SSSR count). The van der Waals surface area contributed by atoms with Gasteiger partial charge in [-0.3, -0.25) is 0 Å². The molecule has 1 nitrogen and oxygen atoms in total. The Labute approximate surface area is 90.8 Å². The van der Waals surface area contributed by atoms with E-state index in [9.17, 15) is 0 Å². The fraction of sp³-hybridized carbons (Fsp3) is 0. The van der Waals surface area contributed by atoms with Crippen molar-refractivity contribution in [1.29, 1.82) is 0 Å². The van der Waals surface area contributed by atoms with Gasteiger partial charge >= 0.3 is 91.8 Å². The Hall–Kier alpha value is 0.838. The number of hydrogen-bond donors (Lipinski definition) is 1. The monoisotopic (exact) mass is 238 g/mol. The maximum absolute atomic E-state index is 5.44. The van der Waals surface area contributed by atoms with Crippen molar-refractivity contribution >= 4 is 32.2 Å². The first-order chi connectivity index (χ1) is 3.79. The Balaban J connectivity index is 0.000000640. The summed E-state index contributed by atoms with van der Waals surface area (Å²) < 4.78 is 1.38. The molecule has 42 valence electrons. The van der Waals surface area contributed by atoms with Crippen LogP contribution in [0.25, 0.3) is 0 Å². The summed E-state index contributed by atoms with van der Waals surface area (Å²) in [6, 6.07) is 7.97. The normalized spacial score (nSPS) is 8.11. The molecule has 0 saturated heterocycles. The van der Waals surface area contributed by atoms with Gasteiger partial charge in [0.05, 0.1) is 0 Å². The van der Waals surface area contributed by atoms with Crippen LogP contribution in [-0.2, 0) is 0 Å². The Morgan fingerprint density at radius 1 is 1.11 bits per heavy atom. The number of hydrogen-bond acceptors (Lipinski definition) is 1. The Bertz CT molecular complexity index is 152. The molecule has 0 aliphatic heterocycles. The molecule has 0 fully saturated rings. The molecule has 0 radical (unpaired) electrons. The molecule has 0 heterocycles.